The minimum Gasteiger partial charge on any atom is -0.507 e. The second-order valence-electron chi connectivity index (χ2n) is 2.81. The molecule has 0 saturated carbocycles. The predicted molar refractivity (Wildman–Crippen MR) is 48.2 cm³/mol. The van der Waals surface area contributed by atoms with Crippen LogP contribution in [0.15, 0.2) is 18.2 Å². The van der Waals surface area contributed by atoms with Crippen LogP contribution in [0.1, 0.15) is 10.4 Å². The van der Waals surface area contributed by atoms with Crippen LogP contribution in [-0.4, -0.2) is 24.4 Å². The highest BCUT2D eigenvalue weighted by atomic mass is 19.4. The second kappa shape index (κ2) is 4.30. The lowest BCUT2D eigenvalue weighted by molar-refractivity contribution is -0.274. The van der Waals surface area contributed by atoms with Crippen LogP contribution in [0.25, 0.3) is 0 Å². The van der Waals surface area contributed by atoms with Crippen molar-refractivity contribution in [1.82, 2.24) is 5.32 Å². The number of phenols is 1. The Morgan fingerprint density at radius 1 is 1.44 bits per heavy atom. The first-order valence-corrected chi connectivity index (χ1v) is 4.14. The average Bonchev–Trinajstić information content (AvgIpc) is 2.18. The van der Waals surface area contributed by atoms with Gasteiger partial charge < -0.3 is 15.2 Å². The first-order valence-electron chi connectivity index (χ1n) is 4.14. The standard InChI is InChI=1S/C9H8F3NO3/c1-13-8(15)6-4-5(2-3-7(6)14)16-9(10,11)12/h2-4,14H,1H3,(H,13,15). The maximum absolute atomic E-state index is 11.9. The van der Waals surface area contributed by atoms with Crippen molar-refractivity contribution in [1.29, 1.82) is 0 Å². The molecule has 16 heavy (non-hydrogen) atoms. The van der Waals surface area contributed by atoms with E-state index in [1.54, 1.807) is 0 Å². The molecule has 1 aromatic carbocycles. The molecule has 88 valence electrons. The van der Waals surface area contributed by atoms with E-state index in [1.807, 2.05) is 0 Å². The highest BCUT2D eigenvalue weighted by Crippen LogP contribution is 2.27. The van der Waals surface area contributed by atoms with Crippen molar-refractivity contribution in [2.75, 3.05) is 7.05 Å². The number of amides is 1. The molecule has 0 aliphatic rings. The Morgan fingerprint density at radius 3 is 2.56 bits per heavy atom. The summed E-state index contributed by atoms with van der Waals surface area (Å²) >= 11 is 0. The second-order valence-corrected chi connectivity index (χ2v) is 2.81. The van der Waals surface area contributed by atoms with Gasteiger partial charge in [-0.25, -0.2) is 0 Å². The molecule has 2 N–H and O–H groups in total. The zero-order valence-electron chi connectivity index (χ0n) is 8.13. The summed E-state index contributed by atoms with van der Waals surface area (Å²) in [5.74, 6) is -1.69. The highest BCUT2D eigenvalue weighted by molar-refractivity contribution is 5.97. The maximum Gasteiger partial charge on any atom is 0.573 e. The molecule has 1 aromatic rings. The Morgan fingerprint density at radius 2 is 2.06 bits per heavy atom. The SMILES string of the molecule is CNC(=O)c1cc(OC(F)(F)F)ccc1O. The number of hydrogen-bond donors (Lipinski definition) is 2. The third kappa shape index (κ3) is 3.04. The summed E-state index contributed by atoms with van der Waals surface area (Å²) in [6.45, 7) is 0. The molecule has 0 aromatic heterocycles. The van der Waals surface area contributed by atoms with Crippen molar-refractivity contribution in [3.05, 3.63) is 23.8 Å². The summed E-state index contributed by atoms with van der Waals surface area (Å²) in [6.07, 6.45) is -4.84. The molecular formula is C9H8F3NO3. The number of benzene rings is 1. The van der Waals surface area contributed by atoms with E-state index in [4.69, 9.17) is 0 Å². The van der Waals surface area contributed by atoms with Crippen molar-refractivity contribution >= 4 is 5.91 Å². The fraction of sp³-hybridized carbons (Fsp3) is 0.222. The average molecular weight is 235 g/mol. The third-order valence-corrected chi connectivity index (χ3v) is 1.67. The Balaban J connectivity index is 3.03. The number of carbonyl (C=O) groups excluding carboxylic acids is 1. The van der Waals surface area contributed by atoms with E-state index >= 15 is 0 Å². The van der Waals surface area contributed by atoms with Crippen molar-refractivity contribution in [2.45, 2.75) is 6.36 Å². The largest absolute Gasteiger partial charge is 0.573 e. The smallest absolute Gasteiger partial charge is 0.507 e. The van der Waals surface area contributed by atoms with Gasteiger partial charge >= 0.3 is 6.36 Å². The summed E-state index contributed by atoms with van der Waals surface area (Å²) in [5, 5.41) is 11.4. The molecular weight excluding hydrogens is 227 g/mol. The van der Waals surface area contributed by atoms with Gasteiger partial charge in [-0.1, -0.05) is 0 Å². The zero-order valence-corrected chi connectivity index (χ0v) is 8.13. The van der Waals surface area contributed by atoms with Crippen LogP contribution in [0, 0.1) is 0 Å². The molecule has 1 amide bonds. The molecule has 4 nitrogen and oxygen atoms in total. The van der Waals surface area contributed by atoms with Gasteiger partial charge in [0, 0.05) is 7.05 Å². The fourth-order valence-electron chi connectivity index (χ4n) is 1.03. The molecule has 0 spiro atoms. The monoisotopic (exact) mass is 235 g/mol. The van der Waals surface area contributed by atoms with Crippen LogP contribution in [0.5, 0.6) is 11.5 Å². The molecule has 0 bridgehead atoms. The summed E-state index contributed by atoms with van der Waals surface area (Å²) in [6, 6.07) is 2.67. The van der Waals surface area contributed by atoms with Gasteiger partial charge in [-0.3, -0.25) is 4.79 Å². The lowest BCUT2D eigenvalue weighted by Gasteiger charge is -2.10. The first-order chi connectivity index (χ1) is 7.33. The van der Waals surface area contributed by atoms with Crippen LogP contribution >= 0.6 is 0 Å². The van der Waals surface area contributed by atoms with E-state index in [0.29, 0.717) is 0 Å². The summed E-state index contributed by atoms with van der Waals surface area (Å²) in [5.41, 5.74) is -0.288. The van der Waals surface area contributed by atoms with Gasteiger partial charge in [-0.15, -0.1) is 13.2 Å². The van der Waals surface area contributed by atoms with Crippen LogP contribution < -0.4 is 10.1 Å². The van der Waals surface area contributed by atoms with Gasteiger partial charge in [0.05, 0.1) is 5.56 Å². The Hall–Kier alpha value is -1.92. The predicted octanol–water partition coefficient (Wildman–Crippen LogP) is 1.65. The van der Waals surface area contributed by atoms with Gasteiger partial charge in [-0.2, -0.15) is 0 Å². The van der Waals surface area contributed by atoms with Crippen molar-refractivity contribution < 1.29 is 27.8 Å². The van der Waals surface area contributed by atoms with E-state index < -0.39 is 23.8 Å². The summed E-state index contributed by atoms with van der Waals surface area (Å²) in [7, 11) is 1.29. The van der Waals surface area contributed by atoms with E-state index in [9.17, 15) is 23.1 Å². The van der Waals surface area contributed by atoms with Crippen molar-refractivity contribution in [3.63, 3.8) is 0 Å². The Kier molecular flexibility index (Phi) is 3.26. The molecule has 0 unspecified atom stereocenters. The normalized spacial score (nSPS) is 11.0. The number of ether oxygens (including phenoxy) is 1. The number of carbonyl (C=O) groups is 1. The van der Waals surface area contributed by atoms with Crippen LogP contribution in [0.3, 0.4) is 0 Å². The zero-order chi connectivity index (χ0) is 12.3. The van der Waals surface area contributed by atoms with Gasteiger partial charge in [0.25, 0.3) is 5.91 Å². The number of aromatic hydroxyl groups is 1. The number of rotatable bonds is 2. The number of hydrogen-bond acceptors (Lipinski definition) is 3. The van der Waals surface area contributed by atoms with Crippen LogP contribution in [0.2, 0.25) is 0 Å². The quantitative estimate of drug-likeness (QED) is 0.819. The fourth-order valence-corrected chi connectivity index (χ4v) is 1.03. The molecule has 0 radical (unpaired) electrons. The molecule has 0 fully saturated rings. The minimum absolute atomic E-state index is 0.288. The molecule has 0 atom stereocenters. The van der Waals surface area contributed by atoms with Gasteiger partial charge in [0.15, 0.2) is 0 Å². The molecule has 7 heteroatoms. The summed E-state index contributed by atoms with van der Waals surface area (Å²) < 4.78 is 39.2. The molecule has 0 aliphatic carbocycles. The van der Waals surface area contributed by atoms with Crippen molar-refractivity contribution in [3.8, 4) is 11.5 Å². The van der Waals surface area contributed by atoms with Crippen molar-refractivity contribution in [2.24, 2.45) is 0 Å². The first kappa shape index (κ1) is 12.2. The third-order valence-electron chi connectivity index (χ3n) is 1.67. The minimum atomic E-state index is -4.84. The lowest BCUT2D eigenvalue weighted by Crippen LogP contribution is -2.20. The topological polar surface area (TPSA) is 58.6 Å². The molecule has 0 heterocycles. The van der Waals surface area contributed by atoms with Gasteiger partial charge in [-0.05, 0) is 18.2 Å². The van der Waals surface area contributed by atoms with Crippen LogP contribution in [0.4, 0.5) is 13.2 Å². The van der Waals surface area contributed by atoms with Crippen LogP contribution in [-0.2, 0) is 0 Å². The lowest BCUT2D eigenvalue weighted by atomic mass is 10.2. The van der Waals surface area contributed by atoms with E-state index in [-0.39, 0.29) is 5.56 Å². The Labute approximate surface area is 88.6 Å². The van der Waals surface area contributed by atoms with E-state index in [2.05, 4.69) is 10.1 Å². The Bertz CT molecular complexity index is 403. The number of nitrogens with one attached hydrogen (secondary N) is 1. The van der Waals surface area contributed by atoms with Gasteiger partial charge in [0.1, 0.15) is 11.5 Å². The van der Waals surface area contributed by atoms with Gasteiger partial charge in [0.2, 0.25) is 0 Å². The maximum atomic E-state index is 11.9. The highest BCUT2D eigenvalue weighted by Gasteiger charge is 2.31. The number of halogens is 3. The number of phenolic OH excluding ortho intramolecular Hbond substituents is 1. The molecule has 0 aliphatic heterocycles. The summed E-state index contributed by atoms with van der Waals surface area (Å²) in [4.78, 5) is 11.1. The molecule has 1 rings (SSSR count). The molecule has 0 saturated heterocycles. The van der Waals surface area contributed by atoms with E-state index in [0.717, 1.165) is 18.2 Å². The number of alkyl halides is 3. The van der Waals surface area contributed by atoms with E-state index in [1.165, 1.54) is 7.05 Å².